The van der Waals surface area contributed by atoms with E-state index in [4.69, 9.17) is 9.47 Å². The first-order valence-corrected chi connectivity index (χ1v) is 8.09. The molecule has 0 aromatic carbocycles. The first-order chi connectivity index (χ1) is 10.5. The van der Waals surface area contributed by atoms with Crippen LogP contribution in [0.4, 0.5) is 5.82 Å². The number of aromatic nitrogens is 2. The first kappa shape index (κ1) is 17.0. The zero-order valence-corrected chi connectivity index (χ0v) is 14.1. The fraction of sp³-hybridized carbons (Fsp3) is 0.714. The molecule has 0 fully saturated rings. The van der Waals surface area contributed by atoms with Gasteiger partial charge in [0.2, 0.25) is 5.82 Å². The number of rotatable bonds is 7. The number of nitrogens with one attached hydrogen (secondary N) is 1. The van der Waals surface area contributed by atoms with Crippen molar-refractivity contribution in [3.63, 3.8) is 0 Å². The minimum absolute atomic E-state index is 0.00834. The van der Waals surface area contributed by atoms with Crippen molar-refractivity contribution in [1.29, 1.82) is 0 Å². The first-order valence-electron chi connectivity index (χ1n) is 7.36. The summed E-state index contributed by atoms with van der Waals surface area (Å²) in [6, 6.07) is 0. The predicted molar refractivity (Wildman–Crippen MR) is 86.2 cm³/mol. The van der Waals surface area contributed by atoms with E-state index in [-0.39, 0.29) is 18.1 Å². The van der Waals surface area contributed by atoms with Crippen LogP contribution in [-0.2, 0) is 4.74 Å². The molecule has 1 aliphatic heterocycles. The van der Waals surface area contributed by atoms with Gasteiger partial charge in [-0.2, -0.15) is 4.37 Å². The van der Waals surface area contributed by atoms with Gasteiger partial charge in [0, 0.05) is 24.2 Å². The van der Waals surface area contributed by atoms with E-state index in [0.29, 0.717) is 38.0 Å². The molecule has 0 saturated heterocycles. The molecule has 0 unspecified atom stereocenters. The molecule has 0 aliphatic carbocycles. The summed E-state index contributed by atoms with van der Waals surface area (Å²) < 4.78 is 19.4. The number of nitrogens with zero attached hydrogens (tertiary/aromatic N) is 3. The Morgan fingerprint density at radius 2 is 2.32 bits per heavy atom. The van der Waals surface area contributed by atoms with Gasteiger partial charge in [0.25, 0.3) is 5.88 Å². The standard InChI is InChI=1S/C14H24N4O3S/c1-14(2,3)15-8-11(9-19)10-21-13-12(16-22-17-13)18-4-6-20-7-5-18/h4,6,11,15,19H,5,7-10H2,1-3H3/t11-/m1/s1. The average molecular weight is 328 g/mol. The van der Waals surface area contributed by atoms with Crippen molar-refractivity contribution >= 4 is 17.5 Å². The Bertz CT molecular complexity index is 487. The molecular formula is C14H24N4O3S. The molecule has 22 heavy (non-hydrogen) atoms. The summed E-state index contributed by atoms with van der Waals surface area (Å²) in [5.41, 5.74) is 0.0133. The Labute approximate surface area is 135 Å². The fourth-order valence-corrected chi connectivity index (χ4v) is 2.36. The minimum atomic E-state index is 0.00834. The lowest BCUT2D eigenvalue weighted by atomic mass is 10.1. The maximum absolute atomic E-state index is 9.48. The SMILES string of the molecule is CC(C)(C)NC[C@H](CO)COc1nsnc1N1C=COCC1. The smallest absolute Gasteiger partial charge is 0.271 e. The van der Waals surface area contributed by atoms with Gasteiger partial charge in [-0.1, -0.05) is 0 Å². The molecule has 0 bridgehead atoms. The molecule has 8 heteroatoms. The number of aliphatic hydroxyl groups excluding tert-OH is 1. The Morgan fingerprint density at radius 3 is 2.95 bits per heavy atom. The molecule has 0 spiro atoms. The van der Waals surface area contributed by atoms with Gasteiger partial charge in [0.1, 0.15) is 6.61 Å². The molecule has 7 nitrogen and oxygen atoms in total. The van der Waals surface area contributed by atoms with Crippen LogP contribution in [0.1, 0.15) is 20.8 Å². The Kier molecular flexibility index (Phi) is 5.98. The second kappa shape index (κ2) is 7.75. The zero-order valence-electron chi connectivity index (χ0n) is 13.3. The van der Waals surface area contributed by atoms with Crippen LogP contribution in [0, 0.1) is 5.92 Å². The second-order valence-corrected chi connectivity index (χ2v) is 6.76. The van der Waals surface area contributed by atoms with Crippen LogP contribution >= 0.6 is 11.7 Å². The maximum Gasteiger partial charge on any atom is 0.271 e. The predicted octanol–water partition coefficient (Wildman–Crippen LogP) is 1.22. The van der Waals surface area contributed by atoms with E-state index in [1.807, 2.05) is 11.1 Å². The summed E-state index contributed by atoms with van der Waals surface area (Å²) in [5.74, 6) is 1.21. The quantitative estimate of drug-likeness (QED) is 0.779. The van der Waals surface area contributed by atoms with Gasteiger partial charge in [0.15, 0.2) is 0 Å². The normalized spacial score (nSPS) is 16.5. The van der Waals surface area contributed by atoms with E-state index in [9.17, 15) is 5.11 Å². The van der Waals surface area contributed by atoms with Gasteiger partial charge in [-0.25, -0.2) is 0 Å². The molecule has 0 amide bonds. The van der Waals surface area contributed by atoms with E-state index in [1.165, 1.54) is 0 Å². The second-order valence-electron chi connectivity index (χ2n) is 6.23. The largest absolute Gasteiger partial charge is 0.498 e. The van der Waals surface area contributed by atoms with E-state index >= 15 is 0 Å². The highest BCUT2D eigenvalue weighted by atomic mass is 32.1. The summed E-state index contributed by atoms with van der Waals surface area (Å²) in [6.45, 7) is 8.75. The topological polar surface area (TPSA) is 79.7 Å². The fourth-order valence-electron chi connectivity index (χ4n) is 1.85. The molecular weight excluding hydrogens is 304 g/mol. The van der Waals surface area contributed by atoms with E-state index < -0.39 is 0 Å². The molecule has 124 valence electrons. The summed E-state index contributed by atoms with van der Waals surface area (Å²) in [7, 11) is 0. The Balaban J connectivity index is 1.89. The van der Waals surface area contributed by atoms with Crippen LogP contribution in [0.2, 0.25) is 0 Å². The number of ether oxygens (including phenoxy) is 2. The monoisotopic (exact) mass is 328 g/mol. The van der Waals surface area contributed by atoms with Gasteiger partial charge < -0.3 is 24.8 Å². The number of hydrogen-bond acceptors (Lipinski definition) is 8. The van der Waals surface area contributed by atoms with Gasteiger partial charge in [-0.3, -0.25) is 0 Å². The highest BCUT2D eigenvalue weighted by molar-refractivity contribution is 6.99. The van der Waals surface area contributed by atoms with Gasteiger partial charge in [-0.15, -0.1) is 4.37 Å². The molecule has 1 aromatic heterocycles. The molecule has 2 heterocycles. The third kappa shape index (κ3) is 5.11. The average Bonchev–Trinajstić information content (AvgIpc) is 2.96. The zero-order chi connectivity index (χ0) is 16.0. The van der Waals surface area contributed by atoms with Crippen LogP contribution in [0.3, 0.4) is 0 Å². The molecule has 0 radical (unpaired) electrons. The molecule has 1 aromatic rings. The lowest BCUT2D eigenvalue weighted by molar-refractivity contribution is 0.152. The van der Waals surface area contributed by atoms with Crippen molar-refractivity contribution in [1.82, 2.24) is 14.1 Å². The summed E-state index contributed by atoms with van der Waals surface area (Å²) in [4.78, 5) is 1.95. The van der Waals surface area contributed by atoms with Crippen LogP contribution in [0.15, 0.2) is 12.5 Å². The molecule has 1 atom stereocenters. The van der Waals surface area contributed by atoms with Crippen LogP contribution in [0.25, 0.3) is 0 Å². The Morgan fingerprint density at radius 1 is 1.50 bits per heavy atom. The van der Waals surface area contributed by atoms with Crippen molar-refractivity contribution in [2.24, 2.45) is 5.92 Å². The lowest BCUT2D eigenvalue weighted by Gasteiger charge is -2.25. The van der Waals surface area contributed by atoms with Gasteiger partial charge in [0.05, 0.1) is 37.7 Å². The Hall–Kier alpha value is -1.38. The van der Waals surface area contributed by atoms with Crippen molar-refractivity contribution in [3.05, 3.63) is 12.5 Å². The van der Waals surface area contributed by atoms with Crippen molar-refractivity contribution < 1.29 is 14.6 Å². The summed E-state index contributed by atoms with van der Waals surface area (Å²) >= 11 is 1.12. The van der Waals surface area contributed by atoms with E-state index in [0.717, 1.165) is 11.7 Å². The molecule has 1 aliphatic rings. The van der Waals surface area contributed by atoms with Crippen molar-refractivity contribution in [2.45, 2.75) is 26.3 Å². The number of hydrogen-bond donors (Lipinski definition) is 2. The lowest BCUT2D eigenvalue weighted by Crippen LogP contribution is -2.41. The van der Waals surface area contributed by atoms with E-state index in [2.05, 4.69) is 34.8 Å². The number of aliphatic hydroxyl groups is 1. The van der Waals surface area contributed by atoms with Crippen LogP contribution in [-0.4, -0.2) is 52.3 Å². The third-order valence-corrected chi connectivity index (χ3v) is 3.64. The van der Waals surface area contributed by atoms with Crippen molar-refractivity contribution in [2.75, 3.05) is 37.8 Å². The van der Waals surface area contributed by atoms with Crippen LogP contribution in [0.5, 0.6) is 5.88 Å². The van der Waals surface area contributed by atoms with Crippen molar-refractivity contribution in [3.8, 4) is 5.88 Å². The molecule has 2 rings (SSSR count). The third-order valence-electron chi connectivity index (χ3n) is 3.14. The summed E-state index contributed by atoms with van der Waals surface area (Å²) in [5, 5.41) is 12.8. The highest BCUT2D eigenvalue weighted by Crippen LogP contribution is 2.27. The summed E-state index contributed by atoms with van der Waals surface area (Å²) in [6.07, 6.45) is 3.45. The van der Waals surface area contributed by atoms with E-state index in [1.54, 1.807) is 6.26 Å². The van der Waals surface area contributed by atoms with Gasteiger partial charge >= 0.3 is 0 Å². The van der Waals surface area contributed by atoms with Gasteiger partial charge in [-0.05, 0) is 20.8 Å². The maximum atomic E-state index is 9.48. The van der Waals surface area contributed by atoms with Crippen LogP contribution < -0.4 is 15.0 Å². The molecule has 2 N–H and O–H groups in total. The minimum Gasteiger partial charge on any atom is -0.498 e. The number of anilines is 1. The highest BCUT2D eigenvalue weighted by Gasteiger charge is 2.20. The molecule has 0 saturated carbocycles.